The maximum absolute atomic E-state index is 12.3. The molecule has 0 aliphatic carbocycles. The monoisotopic (exact) mass is 455 g/mol. The van der Waals surface area contributed by atoms with Crippen molar-refractivity contribution in [3.8, 4) is 0 Å². The third kappa shape index (κ3) is 5.68. The van der Waals surface area contributed by atoms with Crippen molar-refractivity contribution in [3.63, 3.8) is 0 Å². The molecule has 1 unspecified atom stereocenters. The fourth-order valence-electron chi connectivity index (χ4n) is 2.76. The summed E-state index contributed by atoms with van der Waals surface area (Å²) in [7, 11) is 0. The van der Waals surface area contributed by atoms with Gasteiger partial charge in [-0.25, -0.2) is 4.99 Å². The van der Waals surface area contributed by atoms with Crippen molar-refractivity contribution in [2.45, 2.75) is 6.17 Å². The number of halogens is 1. The van der Waals surface area contributed by atoms with E-state index in [0.717, 1.165) is 11.1 Å². The van der Waals surface area contributed by atoms with Gasteiger partial charge in [0.25, 0.3) is 11.8 Å². The number of nitrogens with one attached hydrogen (secondary N) is 2. The molecule has 0 spiro atoms. The number of carbonyl (C=O) groups is 2. The van der Waals surface area contributed by atoms with Crippen molar-refractivity contribution in [2.75, 3.05) is 5.32 Å². The van der Waals surface area contributed by atoms with E-state index in [4.69, 9.17) is 35.3 Å². The van der Waals surface area contributed by atoms with Gasteiger partial charge >= 0.3 is 0 Å². The Hall–Kier alpha value is -3.69. The molecule has 31 heavy (non-hydrogen) atoms. The fraction of sp³-hybridized carbons (Fsp3) is 0.0476. The third-order valence-electron chi connectivity index (χ3n) is 4.09. The van der Waals surface area contributed by atoms with Gasteiger partial charge in [-0.15, -0.1) is 0 Å². The number of carbonyl (C=O) groups excluding carboxylic acids is 2. The third-order valence-corrected chi connectivity index (χ3v) is 4.41. The van der Waals surface area contributed by atoms with Crippen molar-refractivity contribution in [1.82, 2.24) is 5.32 Å². The molecule has 6 N–H and O–H groups in total. The lowest BCUT2D eigenvalue weighted by molar-refractivity contribution is -0.117. The minimum Gasteiger partial charge on any atom is -0.440 e. The van der Waals surface area contributed by atoms with E-state index in [1.807, 2.05) is 54.6 Å². The number of hydrogen-bond acceptors (Lipinski definition) is 5. The van der Waals surface area contributed by atoms with Crippen LogP contribution >= 0.6 is 23.8 Å². The van der Waals surface area contributed by atoms with Gasteiger partial charge in [0, 0.05) is 11.1 Å². The molecule has 0 bridgehead atoms. The second kappa shape index (κ2) is 9.88. The Morgan fingerprint density at radius 3 is 2.32 bits per heavy atom. The van der Waals surface area contributed by atoms with Crippen LogP contribution in [0, 0.1) is 0 Å². The highest BCUT2D eigenvalue weighted by Gasteiger charge is 2.25. The summed E-state index contributed by atoms with van der Waals surface area (Å²) in [6.07, 6.45) is -0.861. The Bertz CT molecular complexity index is 1150. The van der Waals surface area contributed by atoms with Crippen LogP contribution in [-0.4, -0.2) is 28.8 Å². The lowest BCUT2D eigenvalue weighted by atomic mass is 10.0. The summed E-state index contributed by atoms with van der Waals surface area (Å²) in [6.45, 7) is 0. The van der Waals surface area contributed by atoms with Crippen LogP contribution in [0.4, 0.5) is 5.69 Å². The number of fused-ring (bicyclic) bond motifs is 1. The van der Waals surface area contributed by atoms with Gasteiger partial charge in [-0.1, -0.05) is 48.5 Å². The zero-order valence-corrected chi connectivity index (χ0v) is 17.6. The zero-order valence-electron chi connectivity index (χ0n) is 16.0. The van der Waals surface area contributed by atoms with Crippen LogP contribution in [0.1, 0.15) is 21.7 Å². The average molecular weight is 456 g/mol. The summed E-state index contributed by atoms with van der Waals surface area (Å²) in [5.41, 5.74) is 13.5. The molecule has 0 radical (unpaired) electrons. The number of nitrogens with zero attached hydrogens (tertiary/aromatic N) is 1. The number of rotatable bonds is 3. The Morgan fingerprint density at radius 1 is 1.06 bits per heavy atom. The molecule has 0 saturated heterocycles. The van der Waals surface area contributed by atoms with Gasteiger partial charge in [0.05, 0.1) is 11.4 Å². The summed E-state index contributed by atoms with van der Waals surface area (Å²) >= 11 is 10.2. The number of primary amides is 1. The highest BCUT2D eigenvalue weighted by atomic mass is 35.5. The number of furan rings is 1. The van der Waals surface area contributed by atoms with Crippen LogP contribution in [-0.2, 0) is 4.79 Å². The van der Waals surface area contributed by atoms with E-state index < -0.39 is 12.1 Å². The molecular weight excluding hydrogens is 438 g/mol. The van der Waals surface area contributed by atoms with Crippen molar-refractivity contribution in [3.05, 3.63) is 88.8 Å². The molecule has 2 heterocycles. The molecule has 0 saturated carbocycles. The smallest absolute Gasteiger partial charge is 0.284 e. The van der Waals surface area contributed by atoms with Crippen LogP contribution in [0.5, 0.6) is 0 Å². The molecule has 0 fully saturated rings. The largest absolute Gasteiger partial charge is 0.440 e. The number of anilines is 1. The molecule has 1 atom stereocenters. The number of para-hydroxylation sites is 1. The number of nitrogens with two attached hydrogens (primary N) is 2. The number of amides is 2. The topological polar surface area (TPSA) is 136 Å². The first-order valence-corrected chi connectivity index (χ1v) is 9.78. The number of aliphatic imine (C=N–C) groups is 1. The Morgan fingerprint density at radius 2 is 1.74 bits per heavy atom. The van der Waals surface area contributed by atoms with Crippen molar-refractivity contribution < 1.29 is 14.0 Å². The molecule has 10 heteroatoms. The average Bonchev–Trinajstić information content (AvgIpc) is 3.13. The molecule has 2 amide bonds. The first-order valence-electron chi connectivity index (χ1n) is 8.99. The van der Waals surface area contributed by atoms with Gasteiger partial charge in [0.1, 0.15) is 0 Å². The first kappa shape index (κ1) is 22.0. The molecule has 1 aliphatic heterocycles. The number of hydrogen-bond donors (Lipinski definition) is 4. The van der Waals surface area contributed by atoms with Crippen molar-refractivity contribution in [2.24, 2.45) is 16.5 Å². The summed E-state index contributed by atoms with van der Waals surface area (Å²) in [4.78, 5) is 27.1. The standard InChI is InChI=1S/C16H14N4OS.C5H4ClNO2/c17-16(22)20-14-15(21)18-12-9-5-4-8-11(12)13(19-14)10-6-2-1-3-7-10;6-4-2-1-3(9-4)5(7)8/h1-9,14H,(H,18,21)(H3,17,20,22);1-2H,(H2,7,8). The van der Waals surface area contributed by atoms with Gasteiger partial charge in [-0.2, -0.15) is 0 Å². The normalized spacial score (nSPS) is 14.7. The molecule has 2 aromatic carbocycles. The van der Waals surface area contributed by atoms with Gasteiger partial charge < -0.3 is 26.5 Å². The van der Waals surface area contributed by atoms with E-state index in [9.17, 15) is 9.59 Å². The molecule has 4 rings (SSSR count). The van der Waals surface area contributed by atoms with Crippen molar-refractivity contribution >= 4 is 52.1 Å². The molecule has 158 valence electrons. The quantitative estimate of drug-likeness (QED) is 0.448. The van der Waals surface area contributed by atoms with E-state index in [1.165, 1.54) is 12.1 Å². The Kier molecular flexibility index (Phi) is 7.01. The van der Waals surface area contributed by atoms with Gasteiger partial charge in [-0.05, 0) is 42.0 Å². The van der Waals surface area contributed by atoms with Crippen LogP contribution in [0.25, 0.3) is 0 Å². The van der Waals surface area contributed by atoms with Crippen molar-refractivity contribution in [1.29, 1.82) is 0 Å². The van der Waals surface area contributed by atoms with Crippen LogP contribution in [0.2, 0.25) is 5.22 Å². The predicted molar refractivity (Wildman–Crippen MR) is 123 cm³/mol. The predicted octanol–water partition coefficient (Wildman–Crippen LogP) is 2.67. The van der Waals surface area contributed by atoms with E-state index in [1.54, 1.807) is 0 Å². The molecule has 1 aliphatic rings. The molecule has 3 aromatic rings. The number of benzodiazepines with no additional fused rings is 1. The highest BCUT2D eigenvalue weighted by Crippen LogP contribution is 2.23. The van der Waals surface area contributed by atoms with E-state index >= 15 is 0 Å². The van der Waals surface area contributed by atoms with Crippen LogP contribution < -0.4 is 22.1 Å². The van der Waals surface area contributed by atoms with E-state index in [-0.39, 0.29) is 22.0 Å². The van der Waals surface area contributed by atoms with Crippen LogP contribution in [0.15, 0.2) is 76.1 Å². The zero-order chi connectivity index (χ0) is 22.4. The summed E-state index contributed by atoms with van der Waals surface area (Å²) in [5.74, 6) is -0.826. The SMILES string of the molecule is NC(=O)c1ccc(Cl)o1.NC(=S)NC1N=C(c2ccccc2)c2ccccc2NC1=O. The Labute approximate surface area is 188 Å². The van der Waals surface area contributed by atoms with E-state index in [2.05, 4.69) is 20.0 Å². The maximum Gasteiger partial charge on any atom is 0.284 e. The second-order valence-electron chi connectivity index (χ2n) is 6.26. The fourth-order valence-corrected chi connectivity index (χ4v) is 3.02. The molecule has 8 nitrogen and oxygen atoms in total. The summed E-state index contributed by atoms with van der Waals surface area (Å²) in [6, 6.07) is 20.1. The van der Waals surface area contributed by atoms with E-state index in [0.29, 0.717) is 11.4 Å². The summed E-state index contributed by atoms with van der Waals surface area (Å²) < 4.78 is 4.64. The van der Waals surface area contributed by atoms with Gasteiger partial charge in [0.2, 0.25) is 6.17 Å². The number of thiocarbonyl (C=S) groups is 1. The highest BCUT2D eigenvalue weighted by molar-refractivity contribution is 7.80. The second-order valence-corrected chi connectivity index (χ2v) is 7.07. The van der Waals surface area contributed by atoms with Gasteiger partial charge in [-0.3, -0.25) is 9.59 Å². The minimum absolute atomic E-state index is 0.0299. The molecule has 1 aromatic heterocycles. The van der Waals surface area contributed by atoms with Crippen LogP contribution in [0.3, 0.4) is 0 Å². The lowest BCUT2D eigenvalue weighted by Gasteiger charge is -2.12. The summed E-state index contributed by atoms with van der Waals surface area (Å²) in [5, 5.41) is 5.76. The van der Waals surface area contributed by atoms with Gasteiger partial charge in [0.15, 0.2) is 16.1 Å². The Balaban J connectivity index is 0.000000254. The molecular formula is C21H18ClN5O3S. The maximum atomic E-state index is 12.3. The first-order chi connectivity index (χ1) is 14.8. The number of benzene rings is 2. The minimum atomic E-state index is -0.861. The lowest BCUT2D eigenvalue weighted by Crippen LogP contribution is -2.44.